The minimum absolute atomic E-state index is 0.288. The molecule has 2 N–H and O–H groups in total. The molecule has 0 bridgehead atoms. The zero-order valence-corrected chi connectivity index (χ0v) is 15.9. The SMILES string of the molecule is Cn1cnc2cc(NC(=O)c3cc4ccc(=O)n(-c5ccc(F)cc5)c4[nH]3)ccc21. The zero-order chi connectivity index (χ0) is 20.8. The fraction of sp³-hybridized carbons (Fsp3) is 0.0455. The summed E-state index contributed by atoms with van der Waals surface area (Å²) in [4.78, 5) is 32.6. The average molecular weight is 401 g/mol. The summed E-state index contributed by atoms with van der Waals surface area (Å²) in [6.07, 6.45) is 1.71. The number of carbonyl (C=O) groups excluding carboxylic acids is 1. The Morgan fingerprint density at radius 2 is 1.87 bits per heavy atom. The summed E-state index contributed by atoms with van der Waals surface area (Å²) in [5.41, 5.74) is 3.32. The summed E-state index contributed by atoms with van der Waals surface area (Å²) in [6, 6.07) is 15.8. The number of nitrogens with zero attached hydrogens (tertiary/aromatic N) is 3. The Balaban J connectivity index is 1.52. The molecular formula is C22H16FN5O2. The van der Waals surface area contributed by atoms with Gasteiger partial charge in [0.1, 0.15) is 17.2 Å². The molecule has 0 fully saturated rings. The number of rotatable bonds is 3. The number of pyridine rings is 1. The molecule has 0 aliphatic heterocycles. The third-order valence-corrected chi connectivity index (χ3v) is 4.99. The van der Waals surface area contributed by atoms with E-state index in [1.165, 1.54) is 34.9 Å². The van der Waals surface area contributed by atoms with E-state index in [0.717, 1.165) is 11.0 Å². The monoisotopic (exact) mass is 401 g/mol. The number of aromatic amines is 1. The third kappa shape index (κ3) is 2.95. The van der Waals surface area contributed by atoms with Crippen molar-refractivity contribution in [3.05, 3.63) is 88.9 Å². The highest BCUT2D eigenvalue weighted by Gasteiger charge is 2.14. The average Bonchev–Trinajstić information content (AvgIpc) is 3.33. The van der Waals surface area contributed by atoms with Gasteiger partial charge in [-0.2, -0.15) is 0 Å². The van der Waals surface area contributed by atoms with Crippen LogP contribution in [-0.2, 0) is 7.05 Å². The fourth-order valence-electron chi connectivity index (χ4n) is 3.50. The van der Waals surface area contributed by atoms with Gasteiger partial charge in [0.25, 0.3) is 11.5 Å². The number of aryl methyl sites for hydroxylation is 1. The van der Waals surface area contributed by atoms with E-state index in [0.29, 0.717) is 28.1 Å². The molecular weight excluding hydrogens is 385 g/mol. The van der Waals surface area contributed by atoms with E-state index in [-0.39, 0.29) is 11.5 Å². The molecule has 0 atom stereocenters. The Hall–Kier alpha value is -4.20. The number of H-pyrrole nitrogens is 1. The molecule has 0 radical (unpaired) electrons. The number of imidazole rings is 1. The molecule has 5 aromatic rings. The maximum absolute atomic E-state index is 13.3. The molecule has 8 heteroatoms. The van der Waals surface area contributed by atoms with Crippen molar-refractivity contribution in [1.29, 1.82) is 0 Å². The van der Waals surface area contributed by atoms with Gasteiger partial charge in [-0.05, 0) is 54.6 Å². The van der Waals surface area contributed by atoms with E-state index >= 15 is 0 Å². The minimum atomic E-state index is -0.393. The van der Waals surface area contributed by atoms with Crippen LogP contribution < -0.4 is 10.9 Å². The van der Waals surface area contributed by atoms with E-state index in [1.54, 1.807) is 30.6 Å². The van der Waals surface area contributed by atoms with Gasteiger partial charge < -0.3 is 14.9 Å². The normalized spacial score (nSPS) is 11.3. The van der Waals surface area contributed by atoms with Crippen molar-refractivity contribution >= 4 is 33.7 Å². The molecule has 5 rings (SSSR count). The second-order valence-electron chi connectivity index (χ2n) is 6.98. The summed E-state index contributed by atoms with van der Waals surface area (Å²) in [5.74, 6) is -0.741. The smallest absolute Gasteiger partial charge is 0.272 e. The molecule has 7 nitrogen and oxygen atoms in total. The highest BCUT2D eigenvalue weighted by atomic mass is 19.1. The number of anilines is 1. The predicted octanol–water partition coefficient (Wildman–Crippen LogP) is 3.60. The van der Waals surface area contributed by atoms with E-state index in [1.807, 2.05) is 17.7 Å². The molecule has 3 aromatic heterocycles. The molecule has 1 amide bonds. The van der Waals surface area contributed by atoms with E-state index in [9.17, 15) is 14.0 Å². The first-order valence-corrected chi connectivity index (χ1v) is 9.23. The number of aromatic nitrogens is 4. The number of halogens is 1. The van der Waals surface area contributed by atoms with Gasteiger partial charge in [0.05, 0.1) is 23.0 Å². The molecule has 3 heterocycles. The van der Waals surface area contributed by atoms with Crippen LogP contribution in [0.3, 0.4) is 0 Å². The van der Waals surface area contributed by atoms with Gasteiger partial charge >= 0.3 is 0 Å². The molecule has 148 valence electrons. The molecule has 2 aromatic carbocycles. The van der Waals surface area contributed by atoms with E-state index in [4.69, 9.17) is 0 Å². The maximum Gasteiger partial charge on any atom is 0.272 e. The lowest BCUT2D eigenvalue weighted by molar-refractivity contribution is 0.102. The summed E-state index contributed by atoms with van der Waals surface area (Å²) in [6.45, 7) is 0. The number of amides is 1. The lowest BCUT2D eigenvalue weighted by Gasteiger charge is -2.07. The quantitative estimate of drug-likeness (QED) is 0.485. The number of fused-ring (bicyclic) bond motifs is 2. The van der Waals surface area contributed by atoms with Crippen molar-refractivity contribution in [2.45, 2.75) is 0 Å². The Labute approximate surface area is 169 Å². The Kier molecular flexibility index (Phi) is 3.99. The highest BCUT2D eigenvalue weighted by molar-refractivity contribution is 6.06. The second kappa shape index (κ2) is 6.70. The Bertz CT molecular complexity index is 1480. The fourth-order valence-corrected chi connectivity index (χ4v) is 3.50. The van der Waals surface area contributed by atoms with Crippen LogP contribution in [0.2, 0.25) is 0 Å². The van der Waals surface area contributed by atoms with Crippen molar-refractivity contribution in [3.63, 3.8) is 0 Å². The van der Waals surface area contributed by atoms with Crippen LogP contribution in [0.5, 0.6) is 0 Å². The number of carbonyl (C=O) groups is 1. The first-order valence-electron chi connectivity index (χ1n) is 9.23. The van der Waals surface area contributed by atoms with Crippen LogP contribution in [0.1, 0.15) is 10.5 Å². The minimum Gasteiger partial charge on any atom is -0.336 e. The van der Waals surface area contributed by atoms with Gasteiger partial charge in [0.15, 0.2) is 0 Å². The summed E-state index contributed by atoms with van der Waals surface area (Å²) >= 11 is 0. The van der Waals surface area contributed by atoms with Gasteiger partial charge in [0.2, 0.25) is 0 Å². The largest absolute Gasteiger partial charge is 0.336 e. The van der Waals surface area contributed by atoms with Gasteiger partial charge in [-0.15, -0.1) is 0 Å². The van der Waals surface area contributed by atoms with Crippen LogP contribution in [0.25, 0.3) is 27.8 Å². The maximum atomic E-state index is 13.3. The van der Waals surface area contributed by atoms with Crippen molar-refractivity contribution in [2.24, 2.45) is 7.05 Å². The first kappa shape index (κ1) is 17.9. The van der Waals surface area contributed by atoms with Crippen LogP contribution in [0.15, 0.2) is 71.8 Å². The summed E-state index contributed by atoms with van der Waals surface area (Å²) < 4.78 is 16.6. The van der Waals surface area contributed by atoms with Gasteiger partial charge in [-0.25, -0.2) is 9.37 Å². The van der Waals surface area contributed by atoms with Gasteiger partial charge in [-0.3, -0.25) is 14.2 Å². The molecule has 0 aliphatic carbocycles. The van der Waals surface area contributed by atoms with Crippen molar-refractivity contribution < 1.29 is 9.18 Å². The molecule has 0 saturated heterocycles. The molecule has 0 saturated carbocycles. The van der Waals surface area contributed by atoms with Crippen LogP contribution >= 0.6 is 0 Å². The van der Waals surface area contributed by atoms with Crippen LogP contribution in [0.4, 0.5) is 10.1 Å². The highest BCUT2D eigenvalue weighted by Crippen LogP contribution is 2.21. The van der Waals surface area contributed by atoms with Crippen LogP contribution in [0, 0.1) is 5.82 Å². The van der Waals surface area contributed by atoms with Gasteiger partial charge in [0, 0.05) is 24.2 Å². The zero-order valence-electron chi connectivity index (χ0n) is 15.9. The third-order valence-electron chi connectivity index (χ3n) is 4.99. The van der Waals surface area contributed by atoms with Crippen molar-refractivity contribution in [2.75, 3.05) is 5.32 Å². The Morgan fingerprint density at radius 3 is 2.67 bits per heavy atom. The van der Waals surface area contributed by atoms with Crippen molar-refractivity contribution in [3.8, 4) is 5.69 Å². The number of nitrogens with one attached hydrogen (secondary N) is 2. The predicted molar refractivity (Wildman–Crippen MR) is 113 cm³/mol. The second-order valence-corrected chi connectivity index (χ2v) is 6.98. The van der Waals surface area contributed by atoms with Gasteiger partial charge in [-0.1, -0.05) is 0 Å². The lowest BCUT2D eigenvalue weighted by atomic mass is 10.2. The summed E-state index contributed by atoms with van der Waals surface area (Å²) in [5, 5.41) is 3.53. The Morgan fingerprint density at radius 1 is 1.07 bits per heavy atom. The number of benzene rings is 2. The number of hydrogen-bond acceptors (Lipinski definition) is 3. The van der Waals surface area contributed by atoms with E-state index in [2.05, 4.69) is 15.3 Å². The number of hydrogen-bond donors (Lipinski definition) is 2. The standard InChI is InChI=1S/C22H16FN5O2/c1-27-12-24-17-11-15(5-8-19(17)27)25-22(30)18-10-13-2-9-20(29)28(21(13)26-18)16-6-3-14(23)4-7-16/h2-12,26H,1H3,(H,25,30). The first-order chi connectivity index (χ1) is 14.5. The molecule has 0 unspecified atom stereocenters. The molecule has 0 spiro atoms. The summed E-state index contributed by atoms with van der Waals surface area (Å²) in [7, 11) is 1.90. The van der Waals surface area contributed by atoms with E-state index < -0.39 is 5.82 Å². The lowest BCUT2D eigenvalue weighted by Crippen LogP contribution is -2.17. The van der Waals surface area contributed by atoms with Crippen molar-refractivity contribution in [1.82, 2.24) is 19.1 Å². The molecule has 0 aliphatic rings. The van der Waals surface area contributed by atoms with Crippen LogP contribution in [-0.4, -0.2) is 25.0 Å². The molecule has 30 heavy (non-hydrogen) atoms. The topological polar surface area (TPSA) is 84.7 Å².